The lowest BCUT2D eigenvalue weighted by Crippen LogP contribution is -2.00. The number of fused-ring (bicyclic) bond motifs is 2. The van der Waals surface area contributed by atoms with E-state index in [2.05, 4.69) is 78.9 Å². The minimum Gasteiger partial charge on any atom is -0.208 e. The van der Waals surface area contributed by atoms with E-state index < -0.39 is 0 Å². The van der Waals surface area contributed by atoms with Crippen LogP contribution in [0.15, 0.2) is 158 Å². The molecule has 4 heteroatoms. The minimum atomic E-state index is 0.623. The number of rotatable bonds is 5. The third-order valence-corrected chi connectivity index (χ3v) is 8.34. The van der Waals surface area contributed by atoms with E-state index in [-0.39, 0.29) is 0 Å². The Labute approximate surface area is 266 Å². The Morgan fingerprint density at radius 2 is 0.739 bits per heavy atom. The highest BCUT2D eigenvalue weighted by molar-refractivity contribution is 6.21. The Balaban J connectivity index is 1.35. The quantitative estimate of drug-likeness (QED) is 0.188. The van der Waals surface area contributed by atoms with Crippen LogP contribution in [-0.4, -0.2) is 15.0 Å². The Bertz CT molecular complexity index is 2290. The van der Waals surface area contributed by atoms with Gasteiger partial charge in [0.25, 0.3) is 0 Å². The van der Waals surface area contributed by atoms with Gasteiger partial charge in [0, 0.05) is 16.7 Å². The van der Waals surface area contributed by atoms with E-state index in [4.69, 9.17) is 15.0 Å². The molecule has 0 saturated heterocycles. The highest BCUT2D eigenvalue weighted by Gasteiger charge is 2.18. The second-order valence-electron chi connectivity index (χ2n) is 11.1. The standard InChI is InChI=1S/C42H26N4/c43-27-28-22-24-29(25-23-28)38-34-18-7-9-20-36(34)39(37-21-10-8-19-35(37)38)32-16-11-17-33(26-32)42-45-40(30-12-3-1-4-13-30)44-41(46-42)31-14-5-2-6-15-31/h1-26H. The molecule has 0 N–H and O–H groups in total. The van der Waals surface area contributed by atoms with E-state index in [9.17, 15) is 5.26 Å². The lowest BCUT2D eigenvalue weighted by atomic mass is 9.85. The van der Waals surface area contributed by atoms with Crippen molar-refractivity contribution >= 4 is 21.5 Å². The van der Waals surface area contributed by atoms with Crippen LogP contribution in [0.5, 0.6) is 0 Å². The molecule has 1 aromatic heterocycles. The van der Waals surface area contributed by atoms with Crippen molar-refractivity contribution in [1.29, 1.82) is 5.26 Å². The van der Waals surface area contributed by atoms with Crippen molar-refractivity contribution in [3.8, 4) is 62.5 Å². The van der Waals surface area contributed by atoms with E-state index in [0.717, 1.165) is 60.5 Å². The molecule has 8 aromatic rings. The van der Waals surface area contributed by atoms with E-state index >= 15 is 0 Å². The minimum absolute atomic E-state index is 0.623. The molecule has 0 aliphatic rings. The molecule has 7 aromatic carbocycles. The zero-order valence-corrected chi connectivity index (χ0v) is 24.8. The van der Waals surface area contributed by atoms with Crippen LogP contribution in [0.4, 0.5) is 0 Å². The molecular weight excluding hydrogens is 560 g/mol. The van der Waals surface area contributed by atoms with Crippen LogP contribution in [-0.2, 0) is 0 Å². The highest BCUT2D eigenvalue weighted by Crippen LogP contribution is 2.44. The number of nitrogens with zero attached hydrogens (tertiary/aromatic N) is 4. The molecule has 1 heterocycles. The monoisotopic (exact) mass is 586 g/mol. The van der Waals surface area contributed by atoms with E-state index in [1.807, 2.05) is 84.9 Å². The highest BCUT2D eigenvalue weighted by atomic mass is 15.0. The maximum absolute atomic E-state index is 9.39. The van der Waals surface area contributed by atoms with Crippen LogP contribution >= 0.6 is 0 Å². The van der Waals surface area contributed by atoms with Crippen molar-refractivity contribution in [2.45, 2.75) is 0 Å². The smallest absolute Gasteiger partial charge is 0.164 e. The summed E-state index contributed by atoms with van der Waals surface area (Å²) in [5.41, 5.74) is 7.93. The molecule has 0 radical (unpaired) electrons. The van der Waals surface area contributed by atoms with Gasteiger partial charge in [0.1, 0.15) is 0 Å². The average molecular weight is 587 g/mol. The van der Waals surface area contributed by atoms with E-state index in [0.29, 0.717) is 23.0 Å². The second kappa shape index (κ2) is 11.6. The van der Waals surface area contributed by atoms with Gasteiger partial charge in [0.2, 0.25) is 0 Å². The fourth-order valence-corrected chi connectivity index (χ4v) is 6.21. The molecular formula is C42H26N4. The molecule has 0 unspecified atom stereocenters. The van der Waals surface area contributed by atoms with E-state index in [1.54, 1.807) is 0 Å². The van der Waals surface area contributed by atoms with Crippen molar-refractivity contribution in [3.05, 3.63) is 163 Å². The Hall–Kier alpha value is -6.44. The molecule has 4 nitrogen and oxygen atoms in total. The summed E-state index contributed by atoms with van der Waals surface area (Å²) in [6.45, 7) is 0. The molecule has 0 bridgehead atoms. The molecule has 0 amide bonds. The largest absolute Gasteiger partial charge is 0.208 e. The molecule has 46 heavy (non-hydrogen) atoms. The van der Waals surface area contributed by atoms with Crippen molar-refractivity contribution in [2.75, 3.05) is 0 Å². The van der Waals surface area contributed by atoms with Gasteiger partial charge in [-0.25, -0.2) is 15.0 Å². The van der Waals surface area contributed by atoms with Crippen LogP contribution in [0, 0.1) is 11.3 Å². The summed E-state index contributed by atoms with van der Waals surface area (Å²) in [4.78, 5) is 14.8. The van der Waals surface area contributed by atoms with E-state index in [1.165, 1.54) is 0 Å². The van der Waals surface area contributed by atoms with Crippen LogP contribution in [0.2, 0.25) is 0 Å². The van der Waals surface area contributed by atoms with Crippen molar-refractivity contribution < 1.29 is 0 Å². The van der Waals surface area contributed by atoms with Crippen molar-refractivity contribution in [2.24, 2.45) is 0 Å². The van der Waals surface area contributed by atoms with Crippen LogP contribution in [0.25, 0.3) is 78.0 Å². The van der Waals surface area contributed by atoms with Gasteiger partial charge in [-0.05, 0) is 62.0 Å². The van der Waals surface area contributed by atoms with Crippen LogP contribution in [0.1, 0.15) is 5.56 Å². The SMILES string of the molecule is N#Cc1ccc(-c2c3ccccc3c(-c3cccc(-c4nc(-c5ccccc5)nc(-c5ccccc5)n4)c3)c3ccccc23)cc1. The molecule has 8 rings (SSSR count). The molecule has 0 fully saturated rings. The first-order valence-electron chi connectivity index (χ1n) is 15.2. The number of nitriles is 1. The lowest BCUT2D eigenvalue weighted by Gasteiger charge is -2.18. The first-order valence-corrected chi connectivity index (χ1v) is 15.2. The maximum atomic E-state index is 9.39. The molecule has 0 saturated carbocycles. The predicted molar refractivity (Wildman–Crippen MR) is 187 cm³/mol. The van der Waals surface area contributed by atoms with Gasteiger partial charge in [-0.2, -0.15) is 5.26 Å². The van der Waals surface area contributed by atoms with Gasteiger partial charge >= 0.3 is 0 Å². The predicted octanol–water partition coefficient (Wildman–Crippen LogP) is 10.4. The Morgan fingerprint density at radius 3 is 1.22 bits per heavy atom. The number of hydrogen-bond donors (Lipinski definition) is 0. The molecule has 0 spiro atoms. The van der Waals surface area contributed by atoms with Gasteiger partial charge in [-0.3, -0.25) is 0 Å². The first kappa shape index (κ1) is 27.1. The zero-order chi connectivity index (χ0) is 30.9. The Morgan fingerprint density at radius 1 is 0.348 bits per heavy atom. The van der Waals surface area contributed by atoms with Gasteiger partial charge < -0.3 is 0 Å². The summed E-state index contributed by atoms with van der Waals surface area (Å²) < 4.78 is 0. The summed E-state index contributed by atoms with van der Waals surface area (Å²) >= 11 is 0. The number of benzene rings is 7. The maximum Gasteiger partial charge on any atom is 0.164 e. The lowest BCUT2D eigenvalue weighted by molar-refractivity contribution is 1.07. The fraction of sp³-hybridized carbons (Fsp3) is 0. The summed E-state index contributed by atoms with van der Waals surface area (Å²) in [7, 11) is 0. The average Bonchev–Trinajstić information content (AvgIpc) is 3.14. The van der Waals surface area contributed by atoms with Crippen LogP contribution in [0.3, 0.4) is 0 Å². The third kappa shape index (κ3) is 4.87. The number of hydrogen-bond acceptors (Lipinski definition) is 4. The number of aromatic nitrogens is 3. The van der Waals surface area contributed by atoms with Crippen molar-refractivity contribution in [3.63, 3.8) is 0 Å². The molecule has 0 aliphatic heterocycles. The normalized spacial score (nSPS) is 11.0. The fourth-order valence-electron chi connectivity index (χ4n) is 6.21. The first-order chi connectivity index (χ1) is 22.8. The van der Waals surface area contributed by atoms with Gasteiger partial charge in [0.15, 0.2) is 17.5 Å². The summed E-state index contributed by atoms with van der Waals surface area (Å²) in [6, 6.07) is 55.8. The molecule has 0 aliphatic carbocycles. The summed E-state index contributed by atoms with van der Waals surface area (Å²) in [6.07, 6.45) is 0. The van der Waals surface area contributed by atoms with Gasteiger partial charge in [0.05, 0.1) is 11.6 Å². The molecule has 214 valence electrons. The topological polar surface area (TPSA) is 62.5 Å². The Kier molecular flexibility index (Phi) is 6.83. The summed E-state index contributed by atoms with van der Waals surface area (Å²) in [5, 5.41) is 14.0. The van der Waals surface area contributed by atoms with Crippen molar-refractivity contribution in [1.82, 2.24) is 15.0 Å². The molecule has 0 atom stereocenters. The summed E-state index contributed by atoms with van der Waals surface area (Å²) in [5.74, 6) is 1.90. The zero-order valence-electron chi connectivity index (χ0n) is 24.8. The second-order valence-corrected chi connectivity index (χ2v) is 11.1. The van der Waals surface area contributed by atoms with Gasteiger partial charge in [-0.15, -0.1) is 0 Å². The van der Waals surface area contributed by atoms with Crippen LogP contribution < -0.4 is 0 Å². The third-order valence-electron chi connectivity index (χ3n) is 8.34. The van der Waals surface area contributed by atoms with Gasteiger partial charge in [-0.1, -0.05) is 140 Å².